The Kier molecular flexibility index (Phi) is 7.76. The highest BCUT2D eigenvalue weighted by atomic mass is 16.5. The minimum atomic E-state index is -0.443. The Morgan fingerprint density at radius 2 is 2.17 bits per heavy atom. The molecule has 0 aromatic rings. The molecule has 2 N–H and O–H groups in total. The lowest BCUT2D eigenvalue weighted by atomic mass is 9.79. The fourth-order valence-corrected chi connectivity index (χ4v) is 3.32. The Morgan fingerprint density at radius 1 is 1.39 bits per heavy atom. The lowest BCUT2D eigenvalue weighted by Gasteiger charge is -2.37. The quantitative estimate of drug-likeness (QED) is 0.698. The number of carbonyl (C=O) groups excluding carboxylic acids is 1. The predicted molar refractivity (Wildman–Crippen MR) is 88.4 cm³/mol. The molecule has 134 valence electrons. The van der Waals surface area contributed by atoms with Crippen LogP contribution >= 0.6 is 0 Å². The summed E-state index contributed by atoms with van der Waals surface area (Å²) in [6, 6.07) is 0. The zero-order valence-corrected chi connectivity index (χ0v) is 14.6. The van der Waals surface area contributed by atoms with Crippen LogP contribution in [0.2, 0.25) is 0 Å². The van der Waals surface area contributed by atoms with Gasteiger partial charge in [0, 0.05) is 25.7 Å². The van der Waals surface area contributed by atoms with Gasteiger partial charge in [-0.1, -0.05) is 0 Å². The Balaban J connectivity index is 1.71. The highest BCUT2D eigenvalue weighted by molar-refractivity contribution is 5.80. The van der Waals surface area contributed by atoms with Crippen molar-refractivity contribution in [1.29, 1.82) is 0 Å². The summed E-state index contributed by atoms with van der Waals surface area (Å²) in [4.78, 5) is 12.3. The van der Waals surface area contributed by atoms with Gasteiger partial charge in [0.2, 0.25) is 5.91 Å². The van der Waals surface area contributed by atoms with Crippen molar-refractivity contribution in [1.82, 2.24) is 10.6 Å². The molecule has 2 atom stereocenters. The fourth-order valence-electron chi connectivity index (χ4n) is 3.32. The highest BCUT2D eigenvalue weighted by Crippen LogP contribution is 2.28. The van der Waals surface area contributed by atoms with E-state index >= 15 is 0 Å². The summed E-state index contributed by atoms with van der Waals surface area (Å²) >= 11 is 0. The summed E-state index contributed by atoms with van der Waals surface area (Å²) in [5.74, 6) is -0.0465. The van der Waals surface area contributed by atoms with Crippen molar-refractivity contribution in [2.75, 3.05) is 46.6 Å². The smallest absolute Gasteiger partial charge is 0.248 e. The Hall–Kier alpha value is -0.690. The van der Waals surface area contributed by atoms with Crippen LogP contribution in [0, 0.1) is 5.41 Å². The average molecular weight is 328 g/mol. The van der Waals surface area contributed by atoms with Crippen LogP contribution in [-0.4, -0.2) is 64.7 Å². The zero-order valence-electron chi connectivity index (χ0n) is 14.6. The molecule has 23 heavy (non-hydrogen) atoms. The first kappa shape index (κ1) is 18.6. The second kappa shape index (κ2) is 9.57. The van der Waals surface area contributed by atoms with E-state index < -0.39 is 6.10 Å². The van der Waals surface area contributed by atoms with Gasteiger partial charge in [-0.2, -0.15) is 0 Å². The largest absolute Gasteiger partial charge is 0.384 e. The lowest BCUT2D eigenvalue weighted by molar-refractivity contribution is -0.136. The van der Waals surface area contributed by atoms with E-state index in [9.17, 15) is 4.79 Å². The third kappa shape index (κ3) is 6.03. The molecule has 6 nitrogen and oxygen atoms in total. The van der Waals surface area contributed by atoms with Gasteiger partial charge in [0.25, 0.3) is 0 Å². The Morgan fingerprint density at radius 3 is 2.83 bits per heavy atom. The van der Waals surface area contributed by atoms with Gasteiger partial charge in [-0.15, -0.1) is 0 Å². The topological polar surface area (TPSA) is 68.8 Å². The van der Waals surface area contributed by atoms with E-state index in [1.807, 2.05) is 6.92 Å². The summed E-state index contributed by atoms with van der Waals surface area (Å²) < 4.78 is 16.7. The number of hydrogen-bond donors (Lipinski definition) is 2. The van der Waals surface area contributed by atoms with E-state index in [0.29, 0.717) is 19.8 Å². The molecule has 0 bridgehead atoms. The number of amides is 1. The maximum atomic E-state index is 12.3. The molecular formula is C17H32N2O4. The minimum absolute atomic E-state index is 0.0435. The number of ether oxygens (including phenoxy) is 3. The molecule has 0 aromatic carbocycles. The molecule has 0 aliphatic carbocycles. The Labute approximate surface area is 139 Å². The first-order valence-electron chi connectivity index (χ1n) is 8.86. The van der Waals surface area contributed by atoms with E-state index in [0.717, 1.165) is 45.4 Å². The van der Waals surface area contributed by atoms with Crippen molar-refractivity contribution in [2.24, 2.45) is 5.41 Å². The van der Waals surface area contributed by atoms with E-state index in [2.05, 4.69) is 10.6 Å². The molecule has 2 saturated heterocycles. The van der Waals surface area contributed by atoms with Gasteiger partial charge >= 0.3 is 0 Å². The third-order valence-corrected chi connectivity index (χ3v) is 4.93. The van der Waals surface area contributed by atoms with Crippen LogP contribution in [0.25, 0.3) is 0 Å². The van der Waals surface area contributed by atoms with E-state index in [1.54, 1.807) is 7.11 Å². The van der Waals surface area contributed by atoms with Crippen LogP contribution in [0.5, 0.6) is 0 Å². The van der Waals surface area contributed by atoms with Crippen molar-refractivity contribution < 1.29 is 19.0 Å². The van der Waals surface area contributed by atoms with E-state index in [4.69, 9.17) is 14.2 Å². The summed E-state index contributed by atoms with van der Waals surface area (Å²) in [6.07, 6.45) is 5.08. The number of methoxy groups -OCH3 is 1. The second-order valence-corrected chi connectivity index (χ2v) is 6.86. The molecular weight excluding hydrogens is 296 g/mol. The van der Waals surface area contributed by atoms with Crippen molar-refractivity contribution in [3.8, 4) is 0 Å². The van der Waals surface area contributed by atoms with Crippen LogP contribution in [-0.2, 0) is 19.0 Å². The number of nitrogens with one attached hydrogen (secondary N) is 2. The highest BCUT2D eigenvalue weighted by Gasteiger charge is 2.33. The first-order valence-corrected chi connectivity index (χ1v) is 8.86. The number of rotatable bonds is 8. The first-order chi connectivity index (χ1) is 11.2. The molecule has 2 aliphatic rings. The monoisotopic (exact) mass is 328 g/mol. The average Bonchev–Trinajstić information content (AvgIpc) is 2.59. The molecule has 2 heterocycles. The van der Waals surface area contributed by atoms with Gasteiger partial charge in [-0.25, -0.2) is 0 Å². The van der Waals surface area contributed by atoms with Crippen molar-refractivity contribution >= 4 is 5.91 Å². The van der Waals surface area contributed by atoms with Crippen molar-refractivity contribution in [3.05, 3.63) is 0 Å². The number of carbonyl (C=O) groups is 1. The van der Waals surface area contributed by atoms with Gasteiger partial charge < -0.3 is 24.8 Å². The van der Waals surface area contributed by atoms with Crippen molar-refractivity contribution in [2.45, 2.75) is 51.2 Å². The van der Waals surface area contributed by atoms with Crippen LogP contribution in [0.3, 0.4) is 0 Å². The van der Waals surface area contributed by atoms with E-state index in [-0.39, 0.29) is 17.4 Å². The summed E-state index contributed by atoms with van der Waals surface area (Å²) in [6.45, 7) is 6.40. The van der Waals surface area contributed by atoms with Gasteiger partial charge in [-0.3, -0.25) is 4.79 Å². The minimum Gasteiger partial charge on any atom is -0.384 e. The molecule has 0 radical (unpaired) electrons. The molecule has 0 aromatic heterocycles. The third-order valence-electron chi connectivity index (χ3n) is 4.93. The van der Waals surface area contributed by atoms with Gasteiger partial charge in [0.05, 0.1) is 19.3 Å². The number of piperidine rings is 1. The van der Waals surface area contributed by atoms with Crippen LogP contribution in [0.15, 0.2) is 0 Å². The number of hydrogen-bond acceptors (Lipinski definition) is 5. The lowest BCUT2D eigenvalue weighted by Crippen LogP contribution is -2.49. The summed E-state index contributed by atoms with van der Waals surface area (Å²) in [5, 5.41) is 6.41. The van der Waals surface area contributed by atoms with Gasteiger partial charge in [0.15, 0.2) is 0 Å². The summed E-state index contributed by atoms with van der Waals surface area (Å²) in [5.41, 5.74) is 0.0435. The van der Waals surface area contributed by atoms with Crippen molar-refractivity contribution in [3.63, 3.8) is 0 Å². The predicted octanol–water partition coefficient (Wildman–Crippen LogP) is 1.09. The van der Waals surface area contributed by atoms with Crippen LogP contribution in [0.4, 0.5) is 0 Å². The Bertz CT molecular complexity index is 347. The molecule has 0 spiro atoms. The van der Waals surface area contributed by atoms with Gasteiger partial charge in [0.1, 0.15) is 6.10 Å². The van der Waals surface area contributed by atoms with Crippen LogP contribution in [0.1, 0.15) is 39.0 Å². The van der Waals surface area contributed by atoms with Gasteiger partial charge in [-0.05, 0) is 52.1 Å². The molecule has 2 unspecified atom stereocenters. The normalized spacial score (nSPS) is 25.7. The maximum absolute atomic E-state index is 12.3. The van der Waals surface area contributed by atoms with E-state index in [1.165, 1.54) is 6.42 Å². The molecule has 6 heteroatoms. The molecule has 2 fully saturated rings. The molecule has 2 rings (SSSR count). The fraction of sp³-hybridized carbons (Fsp3) is 0.941. The zero-order chi connectivity index (χ0) is 16.5. The molecule has 0 saturated carbocycles. The SMILES string of the molecule is COCC1(CNC(=O)C(C)OCC2CCCCO2)CCNCC1. The molecule has 1 amide bonds. The maximum Gasteiger partial charge on any atom is 0.248 e. The van der Waals surface area contributed by atoms with Crippen LogP contribution < -0.4 is 10.6 Å². The molecule has 2 aliphatic heterocycles. The standard InChI is InChI=1S/C17H32N2O4/c1-14(23-11-15-5-3-4-10-22-15)16(20)19-12-17(13-21-2)6-8-18-9-7-17/h14-15,18H,3-13H2,1-2H3,(H,19,20). The second-order valence-electron chi connectivity index (χ2n) is 6.86. The summed E-state index contributed by atoms with van der Waals surface area (Å²) in [7, 11) is 1.72.